The lowest BCUT2D eigenvalue weighted by Crippen LogP contribution is -1.98. The number of rotatable bonds is 3. The molecule has 0 saturated heterocycles. The van der Waals surface area contributed by atoms with Gasteiger partial charge in [0, 0.05) is 11.8 Å². The van der Waals surface area contributed by atoms with Crippen LogP contribution in [0.15, 0.2) is 35.8 Å². The van der Waals surface area contributed by atoms with Crippen LogP contribution in [0.25, 0.3) is 0 Å². The lowest BCUT2D eigenvalue weighted by atomic mass is 10.2. The van der Waals surface area contributed by atoms with Crippen LogP contribution in [-0.4, -0.2) is 7.11 Å². The Morgan fingerprint density at radius 2 is 2.09 bits per heavy atom. The zero-order valence-corrected chi connectivity index (χ0v) is 7.35. The maximum absolute atomic E-state index is 5.61. The van der Waals surface area contributed by atoms with Gasteiger partial charge in [0.1, 0.15) is 5.76 Å². The van der Waals surface area contributed by atoms with Gasteiger partial charge in [-0.05, 0) is 25.5 Å². The molecule has 0 fully saturated rings. The minimum absolute atomic E-state index is 0.653. The van der Waals surface area contributed by atoms with Gasteiger partial charge in [0.15, 0.2) is 0 Å². The lowest BCUT2D eigenvalue weighted by Gasteiger charge is -2.02. The van der Waals surface area contributed by atoms with Crippen LogP contribution in [0.1, 0.15) is 13.8 Å². The van der Waals surface area contributed by atoms with Crippen molar-refractivity contribution in [3.05, 3.63) is 35.8 Å². The van der Waals surface area contributed by atoms with Gasteiger partial charge in [-0.1, -0.05) is 6.58 Å². The van der Waals surface area contributed by atoms with Crippen molar-refractivity contribution in [2.24, 2.45) is 5.73 Å². The van der Waals surface area contributed by atoms with E-state index in [1.54, 1.807) is 13.2 Å². The molecule has 0 unspecified atom stereocenters. The van der Waals surface area contributed by atoms with E-state index in [1.807, 2.05) is 19.9 Å². The maximum atomic E-state index is 5.61. The van der Waals surface area contributed by atoms with E-state index in [0.29, 0.717) is 5.70 Å². The zero-order chi connectivity index (χ0) is 8.85. The predicted octanol–water partition coefficient (Wildman–Crippen LogP) is 1.96. The molecular formula is C9H15NO. The van der Waals surface area contributed by atoms with E-state index < -0.39 is 0 Å². The van der Waals surface area contributed by atoms with Gasteiger partial charge in [-0.3, -0.25) is 0 Å². The summed E-state index contributed by atoms with van der Waals surface area (Å²) < 4.78 is 4.98. The van der Waals surface area contributed by atoms with Crippen LogP contribution in [0.2, 0.25) is 0 Å². The molecule has 0 saturated carbocycles. The van der Waals surface area contributed by atoms with Crippen LogP contribution in [0.3, 0.4) is 0 Å². The molecule has 62 valence electrons. The third kappa shape index (κ3) is 3.50. The summed E-state index contributed by atoms with van der Waals surface area (Å²) in [5, 5.41) is 0. The average molecular weight is 153 g/mol. The first-order chi connectivity index (χ1) is 5.11. The Morgan fingerprint density at radius 1 is 1.55 bits per heavy atom. The van der Waals surface area contributed by atoms with Crippen LogP contribution >= 0.6 is 0 Å². The Morgan fingerprint density at radius 3 is 2.36 bits per heavy atom. The van der Waals surface area contributed by atoms with Crippen molar-refractivity contribution in [3.8, 4) is 0 Å². The molecule has 0 aromatic heterocycles. The van der Waals surface area contributed by atoms with Crippen LogP contribution in [-0.2, 0) is 4.74 Å². The molecule has 11 heavy (non-hydrogen) atoms. The molecule has 2 heteroatoms. The predicted molar refractivity (Wildman–Crippen MR) is 47.9 cm³/mol. The maximum Gasteiger partial charge on any atom is 0.116 e. The van der Waals surface area contributed by atoms with Gasteiger partial charge in [0.25, 0.3) is 0 Å². The average Bonchev–Trinajstić information content (AvgIpc) is 1.99. The van der Waals surface area contributed by atoms with E-state index in [-0.39, 0.29) is 0 Å². The standard InChI is InChI=1S/C9H15NO/c1-5-8(11-4)6-9(10)7(2)3/h5-6H,2,10H2,1,3-4H3/b8-5+,9-6+. The van der Waals surface area contributed by atoms with Gasteiger partial charge < -0.3 is 10.5 Å². The van der Waals surface area contributed by atoms with Crippen molar-refractivity contribution in [1.82, 2.24) is 0 Å². The molecule has 2 nitrogen and oxygen atoms in total. The van der Waals surface area contributed by atoms with Gasteiger partial charge in [-0.25, -0.2) is 0 Å². The smallest absolute Gasteiger partial charge is 0.116 e. The molecule has 0 rings (SSSR count). The second kappa shape index (κ2) is 4.61. The first-order valence-corrected chi connectivity index (χ1v) is 3.45. The molecule has 0 atom stereocenters. The number of hydrogen-bond donors (Lipinski definition) is 1. The fourth-order valence-electron chi connectivity index (χ4n) is 0.537. The number of allylic oxidation sites excluding steroid dienone is 3. The topological polar surface area (TPSA) is 35.2 Å². The fourth-order valence-corrected chi connectivity index (χ4v) is 0.537. The van der Waals surface area contributed by atoms with E-state index in [4.69, 9.17) is 10.5 Å². The summed E-state index contributed by atoms with van der Waals surface area (Å²) in [4.78, 5) is 0. The van der Waals surface area contributed by atoms with Crippen LogP contribution in [0.5, 0.6) is 0 Å². The summed E-state index contributed by atoms with van der Waals surface area (Å²) in [6, 6.07) is 0. The number of nitrogens with two attached hydrogens (primary N) is 1. The minimum atomic E-state index is 0.653. The van der Waals surface area contributed by atoms with Crippen LogP contribution < -0.4 is 5.73 Å². The van der Waals surface area contributed by atoms with E-state index >= 15 is 0 Å². The van der Waals surface area contributed by atoms with E-state index in [2.05, 4.69) is 6.58 Å². The fraction of sp³-hybridized carbons (Fsp3) is 0.333. The highest BCUT2D eigenvalue weighted by Gasteiger charge is 1.92. The summed E-state index contributed by atoms with van der Waals surface area (Å²) in [5.41, 5.74) is 7.11. The molecule has 0 aromatic carbocycles. The zero-order valence-electron chi connectivity index (χ0n) is 7.35. The van der Waals surface area contributed by atoms with E-state index in [9.17, 15) is 0 Å². The summed E-state index contributed by atoms with van der Waals surface area (Å²) in [5.74, 6) is 0.755. The Balaban J connectivity index is 4.40. The quantitative estimate of drug-likeness (QED) is 0.497. The first kappa shape index (κ1) is 9.82. The van der Waals surface area contributed by atoms with E-state index in [1.165, 1.54) is 0 Å². The van der Waals surface area contributed by atoms with Gasteiger partial charge in [0.2, 0.25) is 0 Å². The monoisotopic (exact) mass is 153 g/mol. The Hall–Kier alpha value is -1.18. The third-order valence-corrected chi connectivity index (χ3v) is 1.31. The van der Waals surface area contributed by atoms with Crippen molar-refractivity contribution >= 4 is 0 Å². The number of hydrogen-bond acceptors (Lipinski definition) is 2. The Kier molecular flexibility index (Phi) is 4.11. The van der Waals surface area contributed by atoms with Crippen molar-refractivity contribution in [2.75, 3.05) is 7.11 Å². The molecule has 2 N–H and O–H groups in total. The molecule has 0 bridgehead atoms. The summed E-state index contributed by atoms with van der Waals surface area (Å²) in [6.45, 7) is 7.45. The van der Waals surface area contributed by atoms with E-state index in [0.717, 1.165) is 11.3 Å². The Labute approximate surface area is 68.0 Å². The van der Waals surface area contributed by atoms with Crippen LogP contribution in [0.4, 0.5) is 0 Å². The van der Waals surface area contributed by atoms with Gasteiger partial charge >= 0.3 is 0 Å². The SMILES string of the molecule is C=C(C)/C(N)=C\C(=C/C)OC. The first-order valence-electron chi connectivity index (χ1n) is 3.45. The normalized spacial score (nSPS) is 13.0. The molecule has 0 radical (unpaired) electrons. The van der Waals surface area contributed by atoms with Crippen LogP contribution in [0, 0.1) is 0 Å². The summed E-state index contributed by atoms with van der Waals surface area (Å²) in [7, 11) is 1.61. The molecule has 0 aliphatic carbocycles. The molecule has 0 heterocycles. The molecule has 0 amide bonds. The largest absolute Gasteiger partial charge is 0.497 e. The highest BCUT2D eigenvalue weighted by Crippen LogP contribution is 2.04. The van der Waals surface area contributed by atoms with Crippen molar-refractivity contribution in [2.45, 2.75) is 13.8 Å². The van der Waals surface area contributed by atoms with Crippen molar-refractivity contribution in [3.63, 3.8) is 0 Å². The highest BCUT2D eigenvalue weighted by molar-refractivity contribution is 5.29. The molecule has 0 spiro atoms. The summed E-state index contributed by atoms with van der Waals surface area (Å²) >= 11 is 0. The molecule has 0 aliphatic rings. The number of methoxy groups -OCH3 is 1. The molecular weight excluding hydrogens is 138 g/mol. The third-order valence-electron chi connectivity index (χ3n) is 1.31. The van der Waals surface area contributed by atoms with Crippen molar-refractivity contribution in [1.29, 1.82) is 0 Å². The summed E-state index contributed by atoms with van der Waals surface area (Å²) in [6.07, 6.45) is 3.60. The second-order valence-electron chi connectivity index (χ2n) is 2.28. The molecule has 0 aromatic rings. The minimum Gasteiger partial charge on any atom is -0.497 e. The highest BCUT2D eigenvalue weighted by atomic mass is 16.5. The molecule has 0 aliphatic heterocycles. The van der Waals surface area contributed by atoms with Gasteiger partial charge in [-0.2, -0.15) is 0 Å². The van der Waals surface area contributed by atoms with Gasteiger partial charge in [-0.15, -0.1) is 0 Å². The Bertz CT molecular complexity index is 202. The van der Waals surface area contributed by atoms with Gasteiger partial charge in [0.05, 0.1) is 7.11 Å². The second-order valence-corrected chi connectivity index (χ2v) is 2.28. The number of ether oxygens (including phenoxy) is 1. The lowest BCUT2D eigenvalue weighted by molar-refractivity contribution is 0.305. The van der Waals surface area contributed by atoms with Crippen molar-refractivity contribution < 1.29 is 4.74 Å².